The van der Waals surface area contributed by atoms with Crippen molar-refractivity contribution in [1.82, 2.24) is 19.4 Å². The molecule has 3 aliphatic rings. The van der Waals surface area contributed by atoms with Gasteiger partial charge in [-0.3, -0.25) is 4.79 Å². The molecule has 0 saturated heterocycles. The summed E-state index contributed by atoms with van der Waals surface area (Å²) in [7, 11) is 0. The van der Waals surface area contributed by atoms with Crippen molar-refractivity contribution >= 4 is 23.2 Å². The average Bonchev–Trinajstić information content (AvgIpc) is 3.75. The van der Waals surface area contributed by atoms with Crippen molar-refractivity contribution in [1.29, 1.82) is 0 Å². The molecule has 176 valence electrons. The summed E-state index contributed by atoms with van der Waals surface area (Å²) in [4.78, 5) is 26.1. The summed E-state index contributed by atoms with van der Waals surface area (Å²) in [5, 5.41) is 6.30. The number of nitrogens with one attached hydrogen (secondary N) is 2. The van der Waals surface area contributed by atoms with Gasteiger partial charge in [-0.25, -0.2) is 15.0 Å². The molecule has 3 saturated carbocycles. The van der Waals surface area contributed by atoms with Crippen LogP contribution < -0.4 is 10.6 Å². The summed E-state index contributed by atoms with van der Waals surface area (Å²) < 4.78 is 2.10. The summed E-state index contributed by atoms with van der Waals surface area (Å²) >= 11 is 0. The third-order valence-electron chi connectivity index (χ3n) is 7.46. The minimum absolute atomic E-state index is 0.00864. The van der Waals surface area contributed by atoms with E-state index < -0.39 is 0 Å². The Morgan fingerprint density at radius 2 is 1.71 bits per heavy atom. The normalized spacial score (nSPS) is 21.1. The zero-order chi connectivity index (χ0) is 23.4. The molecule has 0 spiro atoms. The van der Waals surface area contributed by atoms with Crippen LogP contribution in [0.2, 0.25) is 0 Å². The Morgan fingerprint density at radius 1 is 0.914 bits per heavy atom. The first kappa shape index (κ1) is 20.6. The lowest BCUT2D eigenvalue weighted by molar-refractivity contribution is -0.117. The summed E-state index contributed by atoms with van der Waals surface area (Å²) in [5.41, 5.74) is 5.99. The molecule has 3 heterocycles. The van der Waals surface area contributed by atoms with Gasteiger partial charge in [0.1, 0.15) is 23.6 Å². The van der Waals surface area contributed by atoms with Crippen molar-refractivity contribution < 1.29 is 4.79 Å². The molecular weight excluding hydrogens is 436 g/mol. The second kappa shape index (κ2) is 8.18. The van der Waals surface area contributed by atoms with Crippen molar-refractivity contribution in [3.8, 4) is 0 Å². The van der Waals surface area contributed by atoms with Crippen molar-refractivity contribution in [2.24, 2.45) is 5.92 Å². The molecule has 2 atom stereocenters. The molecule has 3 aliphatic carbocycles. The van der Waals surface area contributed by atoms with E-state index in [1.165, 1.54) is 48.7 Å². The minimum atomic E-state index is 0.00864. The number of fused-ring (bicyclic) bond motifs is 1. The second-order valence-electron chi connectivity index (χ2n) is 10.3. The minimum Gasteiger partial charge on any atom is -0.364 e. The van der Waals surface area contributed by atoms with Crippen molar-refractivity contribution in [2.75, 3.05) is 10.6 Å². The lowest BCUT2D eigenvalue weighted by Crippen LogP contribution is -2.16. The van der Waals surface area contributed by atoms with Gasteiger partial charge in [0.2, 0.25) is 5.91 Å². The highest BCUT2D eigenvalue weighted by molar-refractivity contribution is 5.94. The number of carbonyl (C=O) groups is 1. The van der Waals surface area contributed by atoms with Crippen LogP contribution in [0, 0.1) is 5.92 Å². The van der Waals surface area contributed by atoms with Crippen LogP contribution in [-0.4, -0.2) is 25.3 Å². The summed E-state index contributed by atoms with van der Waals surface area (Å²) in [6.07, 6.45) is 11.8. The van der Waals surface area contributed by atoms with Gasteiger partial charge >= 0.3 is 0 Å². The number of nitrogens with zero attached hydrogens (tertiary/aromatic N) is 4. The van der Waals surface area contributed by atoms with Crippen LogP contribution in [-0.2, 0) is 11.3 Å². The van der Waals surface area contributed by atoms with E-state index in [1.807, 2.05) is 0 Å². The fourth-order valence-electron chi connectivity index (χ4n) is 5.04. The SMILES string of the molecule is O=C(Nc1cc(NCc2cn3cc(C4CC4)ccc3n2)ncn1)C1CC1c1cccc(C2CC2)c1. The van der Waals surface area contributed by atoms with Gasteiger partial charge in [0.05, 0.1) is 12.2 Å². The Morgan fingerprint density at radius 3 is 2.57 bits per heavy atom. The molecule has 0 radical (unpaired) electrons. The predicted octanol–water partition coefficient (Wildman–Crippen LogP) is 5.23. The van der Waals surface area contributed by atoms with E-state index in [-0.39, 0.29) is 11.8 Å². The molecule has 1 aromatic carbocycles. The van der Waals surface area contributed by atoms with E-state index >= 15 is 0 Å². The lowest BCUT2D eigenvalue weighted by atomic mass is 10.0. The highest BCUT2D eigenvalue weighted by Gasteiger charge is 2.44. The zero-order valence-electron chi connectivity index (χ0n) is 19.5. The smallest absolute Gasteiger partial charge is 0.229 e. The van der Waals surface area contributed by atoms with Gasteiger partial charge in [-0.15, -0.1) is 0 Å². The Bertz CT molecular complexity index is 1420. The molecule has 2 N–H and O–H groups in total. The van der Waals surface area contributed by atoms with Crippen molar-refractivity contribution in [3.63, 3.8) is 0 Å². The molecule has 7 heteroatoms. The number of aromatic nitrogens is 4. The molecule has 3 fully saturated rings. The second-order valence-corrected chi connectivity index (χ2v) is 10.3. The number of hydrogen-bond acceptors (Lipinski definition) is 5. The topological polar surface area (TPSA) is 84.2 Å². The quantitative estimate of drug-likeness (QED) is 0.373. The maximum Gasteiger partial charge on any atom is 0.229 e. The van der Waals surface area contributed by atoms with Gasteiger partial charge in [0.25, 0.3) is 0 Å². The number of pyridine rings is 1. The Kier molecular flexibility index (Phi) is 4.82. The van der Waals surface area contributed by atoms with E-state index in [2.05, 4.69) is 73.8 Å². The number of benzene rings is 1. The van der Waals surface area contributed by atoms with Crippen molar-refractivity contribution in [3.05, 3.63) is 83.6 Å². The summed E-state index contributed by atoms with van der Waals surface area (Å²) in [6, 6.07) is 14.9. The van der Waals surface area contributed by atoms with Crippen LogP contribution in [0.4, 0.5) is 11.6 Å². The molecule has 1 amide bonds. The molecule has 0 bridgehead atoms. The molecule has 3 aromatic heterocycles. The summed E-state index contributed by atoms with van der Waals surface area (Å²) in [5.74, 6) is 2.98. The van der Waals surface area contributed by atoms with Gasteiger partial charge in [0, 0.05) is 24.4 Å². The summed E-state index contributed by atoms with van der Waals surface area (Å²) in [6.45, 7) is 0.548. The van der Waals surface area contributed by atoms with E-state index in [4.69, 9.17) is 4.98 Å². The lowest BCUT2D eigenvalue weighted by Gasteiger charge is -2.08. The fourth-order valence-corrected chi connectivity index (χ4v) is 5.04. The highest BCUT2D eigenvalue weighted by atomic mass is 16.2. The van der Waals surface area contributed by atoms with Crippen LogP contribution in [0.15, 0.2) is 61.2 Å². The van der Waals surface area contributed by atoms with Crippen LogP contribution >= 0.6 is 0 Å². The highest BCUT2D eigenvalue weighted by Crippen LogP contribution is 2.49. The average molecular weight is 465 g/mol. The van der Waals surface area contributed by atoms with Crippen LogP contribution in [0.3, 0.4) is 0 Å². The largest absolute Gasteiger partial charge is 0.364 e. The Hall–Kier alpha value is -3.74. The first-order chi connectivity index (χ1) is 17.2. The van der Waals surface area contributed by atoms with E-state index in [0.717, 1.165) is 29.6 Å². The van der Waals surface area contributed by atoms with Gasteiger partial charge in [-0.1, -0.05) is 30.3 Å². The Balaban J connectivity index is 0.973. The number of carbonyl (C=O) groups excluding carboxylic acids is 1. The fraction of sp³-hybridized carbons (Fsp3) is 0.357. The molecule has 35 heavy (non-hydrogen) atoms. The molecular formula is C28H28N6O. The van der Waals surface area contributed by atoms with Gasteiger partial charge in [-0.2, -0.15) is 0 Å². The molecule has 0 aliphatic heterocycles. The van der Waals surface area contributed by atoms with Gasteiger partial charge in [0.15, 0.2) is 0 Å². The first-order valence-corrected chi connectivity index (χ1v) is 12.6. The maximum absolute atomic E-state index is 12.9. The third kappa shape index (κ3) is 4.38. The first-order valence-electron chi connectivity index (χ1n) is 12.6. The molecule has 7 rings (SSSR count). The van der Waals surface area contributed by atoms with Crippen LogP contribution in [0.5, 0.6) is 0 Å². The number of anilines is 2. The monoisotopic (exact) mass is 464 g/mol. The number of hydrogen-bond donors (Lipinski definition) is 2. The maximum atomic E-state index is 12.9. The number of rotatable bonds is 8. The van der Waals surface area contributed by atoms with Crippen LogP contribution in [0.1, 0.15) is 72.2 Å². The predicted molar refractivity (Wildman–Crippen MR) is 134 cm³/mol. The van der Waals surface area contributed by atoms with E-state index in [1.54, 1.807) is 6.07 Å². The van der Waals surface area contributed by atoms with Crippen LogP contribution in [0.25, 0.3) is 5.65 Å². The van der Waals surface area contributed by atoms with Gasteiger partial charge in [-0.05, 0) is 72.6 Å². The Labute approximate surface area is 204 Å². The zero-order valence-corrected chi connectivity index (χ0v) is 19.5. The molecule has 7 nitrogen and oxygen atoms in total. The number of amides is 1. The van der Waals surface area contributed by atoms with Crippen molar-refractivity contribution in [2.45, 2.75) is 56.4 Å². The van der Waals surface area contributed by atoms with E-state index in [9.17, 15) is 4.79 Å². The molecule has 4 aromatic rings. The standard InChI is InChI=1S/C28H28N6O/c35-28(24-11-23(24)20-3-1-2-19(10-20)17-4-5-17)33-26-12-25(30-16-31-26)29-13-22-15-34-14-21(18-6-7-18)8-9-27(34)32-22/h1-3,8-10,12,14-18,23-24H,4-7,11,13H2,(H2,29,30,31,33,35). The molecule has 2 unspecified atom stereocenters. The third-order valence-corrected chi connectivity index (χ3v) is 7.46. The van der Waals surface area contributed by atoms with E-state index in [0.29, 0.717) is 24.1 Å². The number of imidazole rings is 1. The van der Waals surface area contributed by atoms with Gasteiger partial charge < -0.3 is 15.0 Å².